The van der Waals surface area contributed by atoms with Crippen molar-refractivity contribution in [2.45, 2.75) is 26.4 Å². The van der Waals surface area contributed by atoms with Gasteiger partial charge in [0, 0.05) is 17.1 Å². The molecule has 0 aliphatic carbocycles. The fourth-order valence-electron chi connectivity index (χ4n) is 2.73. The van der Waals surface area contributed by atoms with Crippen LogP contribution in [0.1, 0.15) is 35.9 Å². The second-order valence-corrected chi connectivity index (χ2v) is 6.28. The predicted molar refractivity (Wildman–Crippen MR) is 101 cm³/mol. The molecular weight excluding hydrogens is 334 g/mol. The fourth-order valence-corrected chi connectivity index (χ4v) is 2.92. The summed E-state index contributed by atoms with van der Waals surface area (Å²) >= 11 is 6.06. The standard InChI is InChI=1S/C20H20ClN3O/c1-3-24-19(13-18(23-24)16-10-7-11-17(21)12-16)20(25)22-14(2)15-8-5-4-6-9-15/h4-14H,3H2,1-2H3,(H,22,25). The Labute approximate surface area is 152 Å². The van der Waals surface area contributed by atoms with Gasteiger partial charge in [-0.15, -0.1) is 0 Å². The summed E-state index contributed by atoms with van der Waals surface area (Å²) in [5.41, 5.74) is 3.24. The van der Waals surface area contributed by atoms with Gasteiger partial charge in [-0.1, -0.05) is 54.1 Å². The van der Waals surface area contributed by atoms with E-state index in [-0.39, 0.29) is 11.9 Å². The van der Waals surface area contributed by atoms with Gasteiger partial charge in [-0.05, 0) is 37.6 Å². The maximum Gasteiger partial charge on any atom is 0.270 e. The Morgan fingerprint density at radius 2 is 1.92 bits per heavy atom. The SMILES string of the molecule is CCn1nc(-c2cccc(Cl)c2)cc1C(=O)NC(C)c1ccccc1. The third-order valence-electron chi connectivity index (χ3n) is 4.08. The Morgan fingerprint density at radius 1 is 1.16 bits per heavy atom. The number of hydrogen-bond donors (Lipinski definition) is 1. The van der Waals surface area contributed by atoms with Gasteiger partial charge in [0.2, 0.25) is 0 Å². The van der Waals surface area contributed by atoms with E-state index in [1.54, 1.807) is 4.68 Å². The topological polar surface area (TPSA) is 46.9 Å². The normalized spacial score (nSPS) is 12.0. The first kappa shape index (κ1) is 17.2. The zero-order chi connectivity index (χ0) is 17.8. The van der Waals surface area contributed by atoms with E-state index in [4.69, 9.17) is 11.6 Å². The minimum Gasteiger partial charge on any atom is -0.344 e. The van der Waals surface area contributed by atoms with Gasteiger partial charge in [0.05, 0.1) is 11.7 Å². The molecular formula is C20H20ClN3O. The molecule has 0 saturated carbocycles. The first-order valence-electron chi connectivity index (χ1n) is 8.28. The molecule has 25 heavy (non-hydrogen) atoms. The zero-order valence-corrected chi connectivity index (χ0v) is 15.0. The molecule has 0 fully saturated rings. The second-order valence-electron chi connectivity index (χ2n) is 5.85. The van der Waals surface area contributed by atoms with E-state index in [1.165, 1.54) is 0 Å². The Balaban J connectivity index is 1.85. The summed E-state index contributed by atoms with van der Waals surface area (Å²) in [5.74, 6) is -0.140. The largest absolute Gasteiger partial charge is 0.344 e. The lowest BCUT2D eigenvalue weighted by Crippen LogP contribution is -2.28. The molecule has 1 amide bonds. The zero-order valence-electron chi connectivity index (χ0n) is 14.2. The summed E-state index contributed by atoms with van der Waals surface area (Å²) in [4.78, 5) is 12.7. The van der Waals surface area contributed by atoms with E-state index < -0.39 is 0 Å². The monoisotopic (exact) mass is 353 g/mol. The molecule has 3 rings (SSSR count). The van der Waals surface area contributed by atoms with E-state index in [1.807, 2.05) is 74.5 Å². The van der Waals surface area contributed by atoms with Crippen molar-refractivity contribution >= 4 is 17.5 Å². The van der Waals surface area contributed by atoms with Crippen molar-refractivity contribution in [3.05, 3.63) is 76.9 Å². The number of carbonyl (C=O) groups excluding carboxylic acids is 1. The van der Waals surface area contributed by atoms with Crippen LogP contribution in [0.3, 0.4) is 0 Å². The molecule has 5 heteroatoms. The van der Waals surface area contributed by atoms with Crippen molar-refractivity contribution in [1.82, 2.24) is 15.1 Å². The number of carbonyl (C=O) groups is 1. The molecule has 4 nitrogen and oxygen atoms in total. The molecule has 2 aromatic carbocycles. The molecule has 0 spiro atoms. The molecule has 1 atom stereocenters. The second kappa shape index (κ2) is 7.53. The number of aryl methyl sites for hydroxylation is 1. The summed E-state index contributed by atoms with van der Waals surface area (Å²) in [6.45, 7) is 4.55. The van der Waals surface area contributed by atoms with Gasteiger partial charge in [-0.3, -0.25) is 9.48 Å². The highest BCUT2D eigenvalue weighted by atomic mass is 35.5. The summed E-state index contributed by atoms with van der Waals surface area (Å²) < 4.78 is 1.71. The van der Waals surface area contributed by atoms with Crippen LogP contribution in [0.4, 0.5) is 0 Å². The van der Waals surface area contributed by atoms with E-state index in [9.17, 15) is 4.79 Å². The van der Waals surface area contributed by atoms with Crippen LogP contribution in [0.15, 0.2) is 60.7 Å². The van der Waals surface area contributed by atoms with Crippen molar-refractivity contribution in [2.75, 3.05) is 0 Å². The number of nitrogens with zero attached hydrogens (tertiary/aromatic N) is 2. The number of halogens is 1. The molecule has 0 aliphatic heterocycles. The van der Waals surface area contributed by atoms with Gasteiger partial charge >= 0.3 is 0 Å². The maximum absolute atomic E-state index is 12.7. The molecule has 0 aliphatic rings. The van der Waals surface area contributed by atoms with Gasteiger partial charge in [0.25, 0.3) is 5.91 Å². The van der Waals surface area contributed by atoms with Gasteiger partial charge in [0.1, 0.15) is 5.69 Å². The molecule has 1 aromatic heterocycles. The van der Waals surface area contributed by atoms with E-state index in [0.29, 0.717) is 17.3 Å². The van der Waals surface area contributed by atoms with Crippen LogP contribution in [-0.2, 0) is 6.54 Å². The fraction of sp³-hybridized carbons (Fsp3) is 0.200. The molecule has 0 radical (unpaired) electrons. The van der Waals surface area contributed by atoms with Crippen molar-refractivity contribution in [2.24, 2.45) is 0 Å². The third-order valence-corrected chi connectivity index (χ3v) is 4.31. The molecule has 128 valence electrons. The molecule has 0 bridgehead atoms. The Hall–Kier alpha value is -2.59. The van der Waals surface area contributed by atoms with Crippen LogP contribution in [-0.4, -0.2) is 15.7 Å². The van der Waals surface area contributed by atoms with Crippen molar-refractivity contribution in [1.29, 1.82) is 0 Å². The average Bonchev–Trinajstić information content (AvgIpc) is 3.07. The number of benzene rings is 2. The van der Waals surface area contributed by atoms with E-state index in [2.05, 4.69) is 10.4 Å². The summed E-state index contributed by atoms with van der Waals surface area (Å²) in [6, 6.07) is 19.1. The van der Waals surface area contributed by atoms with Gasteiger partial charge in [0.15, 0.2) is 0 Å². The van der Waals surface area contributed by atoms with Gasteiger partial charge in [-0.2, -0.15) is 5.10 Å². The van der Waals surface area contributed by atoms with Crippen LogP contribution in [0.2, 0.25) is 5.02 Å². The first-order valence-corrected chi connectivity index (χ1v) is 8.66. The number of hydrogen-bond acceptors (Lipinski definition) is 2. The lowest BCUT2D eigenvalue weighted by molar-refractivity contribution is 0.0929. The van der Waals surface area contributed by atoms with Crippen molar-refractivity contribution in [3.63, 3.8) is 0 Å². The molecule has 3 aromatic rings. The highest BCUT2D eigenvalue weighted by Crippen LogP contribution is 2.23. The number of aromatic nitrogens is 2. The Bertz CT molecular complexity index is 874. The molecule has 1 heterocycles. The minimum absolute atomic E-state index is 0.0801. The van der Waals surface area contributed by atoms with Gasteiger partial charge in [-0.25, -0.2) is 0 Å². The van der Waals surface area contributed by atoms with E-state index in [0.717, 1.165) is 16.8 Å². The Kier molecular flexibility index (Phi) is 5.19. The average molecular weight is 354 g/mol. The lowest BCUT2D eigenvalue weighted by atomic mass is 10.1. The van der Waals surface area contributed by atoms with Crippen LogP contribution in [0.5, 0.6) is 0 Å². The minimum atomic E-state index is -0.140. The van der Waals surface area contributed by atoms with Crippen molar-refractivity contribution in [3.8, 4) is 11.3 Å². The lowest BCUT2D eigenvalue weighted by Gasteiger charge is -2.14. The quantitative estimate of drug-likeness (QED) is 0.721. The summed E-state index contributed by atoms with van der Waals surface area (Å²) in [6.07, 6.45) is 0. The summed E-state index contributed by atoms with van der Waals surface area (Å²) in [7, 11) is 0. The van der Waals surface area contributed by atoms with Gasteiger partial charge < -0.3 is 5.32 Å². The third kappa shape index (κ3) is 3.91. The highest BCUT2D eigenvalue weighted by molar-refractivity contribution is 6.30. The molecule has 1 N–H and O–H groups in total. The van der Waals surface area contributed by atoms with Crippen LogP contribution in [0.25, 0.3) is 11.3 Å². The number of nitrogens with one attached hydrogen (secondary N) is 1. The van der Waals surface area contributed by atoms with Crippen molar-refractivity contribution < 1.29 is 4.79 Å². The van der Waals surface area contributed by atoms with E-state index >= 15 is 0 Å². The van der Waals surface area contributed by atoms with Crippen LogP contribution >= 0.6 is 11.6 Å². The maximum atomic E-state index is 12.7. The molecule has 0 saturated heterocycles. The Morgan fingerprint density at radius 3 is 2.60 bits per heavy atom. The highest BCUT2D eigenvalue weighted by Gasteiger charge is 2.18. The number of rotatable bonds is 5. The van der Waals surface area contributed by atoms with Crippen LogP contribution < -0.4 is 5.32 Å². The van der Waals surface area contributed by atoms with Crippen LogP contribution in [0, 0.1) is 0 Å². The number of amides is 1. The first-order chi connectivity index (χ1) is 12.1. The smallest absolute Gasteiger partial charge is 0.270 e. The molecule has 1 unspecified atom stereocenters. The predicted octanol–water partition coefficient (Wildman–Crippen LogP) is 4.71. The summed E-state index contributed by atoms with van der Waals surface area (Å²) in [5, 5.41) is 8.22.